The first-order chi connectivity index (χ1) is 10.1. The number of benzene rings is 1. The molecular formula is C16H19NO3S. The van der Waals surface area contributed by atoms with Gasteiger partial charge in [0.2, 0.25) is 0 Å². The van der Waals surface area contributed by atoms with Crippen LogP contribution in [0.3, 0.4) is 0 Å². The van der Waals surface area contributed by atoms with Crippen LogP contribution in [0.25, 0.3) is 0 Å². The summed E-state index contributed by atoms with van der Waals surface area (Å²) in [6.45, 7) is 6.35. The minimum atomic E-state index is -0.330. The highest BCUT2D eigenvalue weighted by atomic mass is 32.1. The summed E-state index contributed by atoms with van der Waals surface area (Å²) in [5.41, 5.74) is 1.94. The van der Waals surface area contributed by atoms with Gasteiger partial charge in [-0.25, -0.2) is 9.78 Å². The molecule has 0 aliphatic carbocycles. The highest BCUT2D eigenvalue weighted by molar-refractivity contribution is 7.13. The van der Waals surface area contributed by atoms with Gasteiger partial charge in [0.25, 0.3) is 0 Å². The zero-order valence-corrected chi connectivity index (χ0v) is 13.3. The minimum Gasteiger partial charge on any atom is -0.490 e. The molecular weight excluding hydrogens is 286 g/mol. The summed E-state index contributed by atoms with van der Waals surface area (Å²) in [6.07, 6.45) is 0.968. The molecule has 112 valence electrons. The third-order valence-corrected chi connectivity index (χ3v) is 4.03. The number of rotatable bonds is 6. The van der Waals surface area contributed by atoms with Crippen LogP contribution in [0.15, 0.2) is 24.3 Å². The van der Waals surface area contributed by atoms with Gasteiger partial charge >= 0.3 is 5.97 Å². The molecule has 0 aliphatic heterocycles. The number of nitrogens with zero attached hydrogens (tertiary/aromatic N) is 1. The van der Waals surface area contributed by atoms with Crippen LogP contribution >= 0.6 is 11.3 Å². The molecule has 1 aromatic carbocycles. The Balaban J connectivity index is 1.79. The molecule has 0 saturated carbocycles. The number of aryl methyl sites for hydroxylation is 3. The molecule has 1 heterocycles. The smallest absolute Gasteiger partial charge is 0.350 e. The van der Waals surface area contributed by atoms with Crippen molar-refractivity contribution in [2.75, 3.05) is 13.2 Å². The lowest BCUT2D eigenvalue weighted by Crippen LogP contribution is -2.12. The van der Waals surface area contributed by atoms with E-state index < -0.39 is 0 Å². The van der Waals surface area contributed by atoms with Gasteiger partial charge in [0.05, 0.1) is 10.7 Å². The van der Waals surface area contributed by atoms with Gasteiger partial charge in [-0.15, -0.1) is 11.3 Å². The number of ether oxygens (including phenoxy) is 2. The molecule has 0 spiro atoms. The summed E-state index contributed by atoms with van der Waals surface area (Å²) >= 11 is 1.36. The van der Waals surface area contributed by atoms with Gasteiger partial charge < -0.3 is 9.47 Å². The Morgan fingerprint density at radius 3 is 2.76 bits per heavy atom. The van der Waals surface area contributed by atoms with Crippen LogP contribution in [0.5, 0.6) is 5.75 Å². The molecule has 2 rings (SSSR count). The van der Waals surface area contributed by atoms with Crippen molar-refractivity contribution in [1.29, 1.82) is 0 Å². The third-order valence-electron chi connectivity index (χ3n) is 2.98. The molecule has 0 saturated heterocycles. The molecule has 2 aromatic rings. The van der Waals surface area contributed by atoms with E-state index in [1.807, 2.05) is 32.0 Å². The number of esters is 1. The van der Waals surface area contributed by atoms with Crippen molar-refractivity contribution in [2.45, 2.75) is 27.2 Å². The maximum absolute atomic E-state index is 11.9. The number of hydrogen-bond donors (Lipinski definition) is 0. The zero-order chi connectivity index (χ0) is 15.2. The van der Waals surface area contributed by atoms with Crippen LogP contribution in [0.4, 0.5) is 0 Å². The van der Waals surface area contributed by atoms with Gasteiger partial charge in [-0.05, 0) is 38.0 Å². The van der Waals surface area contributed by atoms with Gasteiger partial charge in [0, 0.05) is 0 Å². The topological polar surface area (TPSA) is 48.4 Å². The Morgan fingerprint density at radius 2 is 2.10 bits per heavy atom. The second-order valence-corrected chi connectivity index (χ2v) is 5.84. The number of carbonyl (C=O) groups is 1. The zero-order valence-electron chi connectivity index (χ0n) is 12.5. The van der Waals surface area contributed by atoms with E-state index in [9.17, 15) is 4.79 Å². The van der Waals surface area contributed by atoms with E-state index in [1.54, 1.807) is 0 Å². The normalized spacial score (nSPS) is 10.4. The van der Waals surface area contributed by atoms with E-state index in [0.29, 0.717) is 11.5 Å². The second-order valence-electron chi connectivity index (χ2n) is 4.63. The fourth-order valence-corrected chi connectivity index (χ4v) is 2.75. The van der Waals surface area contributed by atoms with Crippen molar-refractivity contribution < 1.29 is 14.3 Å². The lowest BCUT2D eigenvalue weighted by molar-refractivity contribution is 0.0455. The third kappa shape index (κ3) is 4.29. The Morgan fingerprint density at radius 1 is 1.29 bits per heavy atom. The molecule has 0 bridgehead atoms. The van der Waals surface area contributed by atoms with Crippen molar-refractivity contribution in [3.63, 3.8) is 0 Å². The van der Waals surface area contributed by atoms with Gasteiger partial charge in [0.15, 0.2) is 0 Å². The van der Waals surface area contributed by atoms with Crippen LogP contribution in [-0.4, -0.2) is 24.2 Å². The molecule has 0 radical (unpaired) electrons. The van der Waals surface area contributed by atoms with Gasteiger partial charge in [-0.2, -0.15) is 0 Å². The summed E-state index contributed by atoms with van der Waals surface area (Å²) in [4.78, 5) is 16.7. The molecule has 0 aliphatic rings. The summed E-state index contributed by atoms with van der Waals surface area (Å²) in [5.74, 6) is 0.472. The van der Waals surface area contributed by atoms with Gasteiger partial charge in [0.1, 0.15) is 23.8 Å². The Hall–Kier alpha value is -1.88. The van der Waals surface area contributed by atoms with Crippen LogP contribution in [0.2, 0.25) is 0 Å². The lowest BCUT2D eigenvalue weighted by Gasteiger charge is -2.08. The molecule has 1 aromatic heterocycles. The molecule has 5 heteroatoms. The molecule has 0 fully saturated rings. The largest absolute Gasteiger partial charge is 0.490 e. The highest BCUT2D eigenvalue weighted by Crippen LogP contribution is 2.18. The molecule has 4 nitrogen and oxygen atoms in total. The fourth-order valence-electron chi connectivity index (χ4n) is 1.94. The maximum Gasteiger partial charge on any atom is 0.350 e. The van der Waals surface area contributed by atoms with Gasteiger partial charge in [-0.3, -0.25) is 0 Å². The summed E-state index contributed by atoms with van der Waals surface area (Å²) in [6, 6.07) is 7.92. The van der Waals surface area contributed by atoms with E-state index in [-0.39, 0.29) is 12.6 Å². The predicted octanol–water partition coefficient (Wildman–Crippen LogP) is 3.56. The second kappa shape index (κ2) is 7.22. The predicted molar refractivity (Wildman–Crippen MR) is 83.2 cm³/mol. The van der Waals surface area contributed by atoms with Crippen molar-refractivity contribution in [3.05, 3.63) is 45.4 Å². The van der Waals surface area contributed by atoms with E-state index in [1.165, 1.54) is 16.9 Å². The average molecular weight is 305 g/mol. The van der Waals surface area contributed by atoms with Crippen molar-refractivity contribution >= 4 is 17.3 Å². The number of thiazole rings is 1. The number of carbonyl (C=O) groups excluding carboxylic acids is 1. The maximum atomic E-state index is 11.9. The SMILES string of the molecule is CCc1cccc(OCCOC(=O)c2sc(C)nc2C)c1. The number of hydrogen-bond acceptors (Lipinski definition) is 5. The Bertz CT molecular complexity index is 622. The first-order valence-electron chi connectivity index (χ1n) is 6.93. The first kappa shape index (κ1) is 15.5. The van der Waals surface area contributed by atoms with E-state index in [2.05, 4.69) is 18.0 Å². The van der Waals surface area contributed by atoms with E-state index >= 15 is 0 Å². The first-order valence-corrected chi connectivity index (χ1v) is 7.74. The molecule has 0 atom stereocenters. The highest BCUT2D eigenvalue weighted by Gasteiger charge is 2.14. The fraction of sp³-hybridized carbons (Fsp3) is 0.375. The minimum absolute atomic E-state index is 0.228. The quantitative estimate of drug-likeness (QED) is 0.605. The summed E-state index contributed by atoms with van der Waals surface area (Å²) in [7, 11) is 0. The van der Waals surface area contributed by atoms with Crippen LogP contribution < -0.4 is 4.74 Å². The Kier molecular flexibility index (Phi) is 5.33. The van der Waals surface area contributed by atoms with Crippen LogP contribution in [0, 0.1) is 13.8 Å². The molecule has 0 amide bonds. The van der Waals surface area contributed by atoms with Crippen molar-refractivity contribution in [1.82, 2.24) is 4.98 Å². The van der Waals surface area contributed by atoms with E-state index in [4.69, 9.17) is 9.47 Å². The van der Waals surface area contributed by atoms with Crippen LogP contribution in [-0.2, 0) is 11.2 Å². The number of aromatic nitrogens is 1. The van der Waals surface area contributed by atoms with Crippen LogP contribution in [0.1, 0.15) is 32.9 Å². The Labute approximate surface area is 128 Å². The molecule has 0 N–H and O–H groups in total. The summed E-state index contributed by atoms with van der Waals surface area (Å²) in [5, 5.41) is 0.868. The van der Waals surface area contributed by atoms with E-state index in [0.717, 1.165) is 22.9 Å². The summed E-state index contributed by atoms with van der Waals surface area (Å²) < 4.78 is 10.8. The average Bonchev–Trinajstić information content (AvgIpc) is 2.82. The molecule has 0 unspecified atom stereocenters. The van der Waals surface area contributed by atoms with Crippen molar-refractivity contribution in [2.24, 2.45) is 0 Å². The monoisotopic (exact) mass is 305 g/mol. The lowest BCUT2D eigenvalue weighted by atomic mass is 10.2. The molecule has 21 heavy (non-hydrogen) atoms. The van der Waals surface area contributed by atoms with Crippen molar-refractivity contribution in [3.8, 4) is 5.75 Å². The van der Waals surface area contributed by atoms with Gasteiger partial charge in [-0.1, -0.05) is 19.1 Å². The standard InChI is InChI=1S/C16H19NO3S/c1-4-13-6-5-7-14(10-13)19-8-9-20-16(18)15-11(2)17-12(3)21-15/h5-7,10H,4,8-9H2,1-3H3.